The zero-order chi connectivity index (χ0) is 16.3. The average molecular weight is 331 g/mol. The number of carbonyl (C=O) groups is 1. The van der Waals surface area contributed by atoms with E-state index in [-0.39, 0.29) is 16.3 Å². The van der Waals surface area contributed by atoms with Crippen molar-refractivity contribution in [2.45, 2.75) is 17.9 Å². The summed E-state index contributed by atoms with van der Waals surface area (Å²) in [4.78, 5) is 14.3. The highest BCUT2D eigenvalue weighted by molar-refractivity contribution is 7.92. The molecule has 2 aromatic rings. The molecule has 1 amide bonds. The van der Waals surface area contributed by atoms with Crippen LogP contribution in [0.5, 0.6) is 0 Å². The van der Waals surface area contributed by atoms with E-state index in [0.29, 0.717) is 0 Å². The number of sulfonamides is 1. The molecule has 118 valence electrons. The number of halogens is 2. The van der Waals surface area contributed by atoms with Gasteiger partial charge in [0, 0.05) is 6.20 Å². The second kappa shape index (κ2) is 6.05. The Morgan fingerprint density at radius 2 is 2.09 bits per heavy atom. The number of aromatic nitrogens is 3. The van der Waals surface area contributed by atoms with Crippen LogP contribution < -0.4 is 10.5 Å². The lowest BCUT2D eigenvalue weighted by Gasteiger charge is -2.06. The Hall–Kier alpha value is -2.56. The van der Waals surface area contributed by atoms with Gasteiger partial charge in [0.1, 0.15) is 17.1 Å². The summed E-state index contributed by atoms with van der Waals surface area (Å²) in [5, 5.41) is 3.54. The number of anilines is 1. The minimum Gasteiger partial charge on any atom is -0.364 e. The van der Waals surface area contributed by atoms with Gasteiger partial charge in [-0.2, -0.15) is 5.10 Å². The zero-order valence-electron chi connectivity index (χ0n) is 11.0. The number of amides is 1. The second-order valence-electron chi connectivity index (χ2n) is 4.19. The van der Waals surface area contributed by atoms with Gasteiger partial charge in [-0.3, -0.25) is 14.2 Å². The Bertz CT molecular complexity index is 773. The number of nitrogens with zero attached hydrogens (tertiary/aromatic N) is 3. The number of hydrogen-bond donors (Lipinski definition) is 2. The lowest BCUT2D eigenvalue weighted by atomic mass is 10.3. The SMILES string of the molecule is NC(=O)c1ccc(NS(=O)(=O)c2cnn(CC(F)F)c2)cn1. The van der Waals surface area contributed by atoms with Crippen molar-refractivity contribution in [3.8, 4) is 0 Å². The maximum absolute atomic E-state index is 12.2. The molecule has 0 saturated heterocycles. The van der Waals surface area contributed by atoms with E-state index in [0.717, 1.165) is 23.3 Å². The van der Waals surface area contributed by atoms with Gasteiger partial charge < -0.3 is 5.73 Å². The van der Waals surface area contributed by atoms with Crippen molar-refractivity contribution in [3.63, 3.8) is 0 Å². The summed E-state index contributed by atoms with van der Waals surface area (Å²) >= 11 is 0. The first-order chi connectivity index (χ1) is 10.3. The maximum atomic E-state index is 12.2. The lowest BCUT2D eigenvalue weighted by Crippen LogP contribution is -2.15. The fourth-order valence-electron chi connectivity index (χ4n) is 1.54. The normalized spacial score (nSPS) is 11.6. The molecular formula is C11H11F2N5O3S. The highest BCUT2D eigenvalue weighted by Crippen LogP contribution is 2.15. The monoisotopic (exact) mass is 331 g/mol. The molecule has 22 heavy (non-hydrogen) atoms. The molecule has 3 N–H and O–H groups in total. The van der Waals surface area contributed by atoms with Gasteiger partial charge in [-0.15, -0.1) is 0 Å². The van der Waals surface area contributed by atoms with E-state index in [4.69, 9.17) is 5.73 Å². The molecule has 0 aromatic carbocycles. The van der Waals surface area contributed by atoms with Crippen molar-refractivity contribution in [2.24, 2.45) is 5.73 Å². The van der Waals surface area contributed by atoms with Crippen molar-refractivity contribution < 1.29 is 22.0 Å². The van der Waals surface area contributed by atoms with Crippen LogP contribution in [0.3, 0.4) is 0 Å². The highest BCUT2D eigenvalue weighted by atomic mass is 32.2. The van der Waals surface area contributed by atoms with Gasteiger partial charge in [0.2, 0.25) is 0 Å². The van der Waals surface area contributed by atoms with Crippen LogP contribution in [-0.4, -0.2) is 35.5 Å². The van der Waals surface area contributed by atoms with Crippen LogP contribution in [0.15, 0.2) is 35.6 Å². The zero-order valence-corrected chi connectivity index (χ0v) is 11.8. The first-order valence-electron chi connectivity index (χ1n) is 5.87. The molecule has 0 saturated carbocycles. The summed E-state index contributed by atoms with van der Waals surface area (Å²) in [6, 6.07) is 2.55. The minimum atomic E-state index is -4.00. The first-order valence-corrected chi connectivity index (χ1v) is 7.35. The fraction of sp³-hybridized carbons (Fsp3) is 0.182. The quantitative estimate of drug-likeness (QED) is 0.796. The number of nitrogens with two attached hydrogens (primary N) is 1. The number of nitrogens with one attached hydrogen (secondary N) is 1. The second-order valence-corrected chi connectivity index (χ2v) is 5.87. The number of pyridine rings is 1. The summed E-state index contributed by atoms with van der Waals surface area (Å²) in [7, 11) is -4.00. The van der Waals surface area contributed by atoms with Crippen molar-refractivity contribution in [3.05, 3.63) is 36.4 Å². The summed E-state index contributed by atoms with van der Waals surface area (Å²) in [5.74, 6) is -0.748. The summed E-state index contributed by atoms with van der Waals surface area (Å²) < 4.78 is 51.5. The number of carbonyl (C=O) groups excluding carboxylic acids is 1. The van der Waals surface area contributed by atoms with Gasteiger partial charge in [-0.25, -0.2) is 22.2 Å². The molecule has 11 heteroatoms. The summed E-state index contributed by atoms with van der Waals surface area (Å²) in [5.41, 5.74) is 5.08. The lowest BCUT2D eigenvalue weighted by molar-refractivity contribution is 0.0995. The third-order valence-electron chi connectivity index (χ3n) is 2.51. The molecule has 0 atom stereocenters. The number of alkyl halides is 2. The van der Waals surface area contributed by atoms with Gasteiger partial charge >= 0.3 is 0 Å². The molecular weight excluding hydrogens is 320 g/mol. The van der Waals surface area contributed by atoms with E-state index in [1.54, 1.807) is 0 Å². The highest BCUT2D eigenvalue weighted by Gasteiger charge is 2.18. The molecule has 0 bridgehead atoms. The van der Waals surface area contributed by atoms with E-state index in [2.05, 4.69) is 14.8 Å². The van der Waals surface area contributed by atoms with Gasteiger partial charge in [-0.05, 0) is 12.1 Å². The van der Waals surface area contributed by atoms with Crippen molar-refractivity contribution in [1.82, 2.24) is 14.8 Å². The van der Waals surface area contributed by atoms with Crippen molar-refractivity contribution >= 4 is 21.6 Å². The van der Waals surface area contributed by atoms with E-state index < -0.39 is 28.9 Å². The van der Waals surface area contributed by atoms with Gasteiger partial charge in [-0.1, -0.05) is 0 Å². The molecule has 0 spiro atoms. The molecule has 2 heterocycles. The third kappa shape index (κ3) is 3.75. The molecule has 0 aliphatic heterocycles. The van der Waals surface area contributed by atoms with Crippen LogP contribution in [0.1, 0.15) is 10.5 Å². The van der Waals surface area contributed by atoms with Crippen molar-refractivity contribution in [2.75, 3.05) is 4.72 Å². The van der Waals surface area contributed by atoms with Gasteiger partial charge in [0.25, 0.3) is 22.4 Å². The number of rotatable bonds is 6. The number of hydrogen-bond acceptors (Lipinski definition) is 5. The minimum absolute atomic E-state index is 0.0206. The molecule has 0 radical (unpaired) electrons. The summed E-state index contributed by atoms with van der Waals surface area (Å²) in [6.07, 6.45) is 0.408. The van der Waals surface area contributed by atoms with Gasteiger partial charge in [0.05, 0.1) is 18.1 Å². The van der Waals surface area contributed by atoms with Gasteiger partial charge in [0.15, 0.2) is 0 Å². The largest absolute Gasteiger partial charge is 0.364 e. The van der Waals surface area contributed by atoms with Crippen LogP contribution >= 0.6 is 0 Å². The van der Waals surface area contributed by atoms with E-state index in [1.807, 2.05) is 0 Å². The van der Waals surface area contributed by atoms with Crippen LogP contribution in [0.25, 0.3) is 0 Å². The topological polar surface area (TPSA) is 120 Å². The van der Waals surface area contributed by atoms with E-state index in [9.17, 15) is 22.0 Å². The average Bonchev–Trinajstić information content (AvgIpc) is 2.87. The van der Waals surface area contributed by atoms with Crippen LogP contribution in [0.4, 0.5) is 14.5 Å². The maximum Gasteiger partial charge on any atom is 0.267 e. The third-order valence-corrected chi connectivity index (χ3v) is 3.85. The standard InChI is InChI=1S/C11H11F2N5O3S/c12-10(13)6-18-5-8(4-16-18)22(20,21)17-7-1-2-9(11(14)19)15-3-7/h1-5,10,17H,6H2,(H2,14,19). The van der Waals surface area contributed by atoms with E-state index >= 15 is 0 Å². The van der Waals surface area contributed by atoms with Crippen LogP contribution in [0, 0.1) is 0 Å². The van der Waals surface area contributed by atoms with E-state index in [1.165, 1.54) is 12.1 Å². The predicted molar refractivity (Wildman–Crippen MR) is 71.8 cm³/mol. The molecule has 2 aromatic heterocycles. The molecule has 2 rings (SSSR count). The van der Waals surface area contributed by atoms with Crippen LogP contribution in [0.2, 0.25) is 0 Å². The first kappa shape index (κ1) is 15.8. The molecule has 0 unspecified atom stereocenters. The Kier molecular flexibility index (Phi) is 4.35. The molecule has 8 nitrogen and oxygen atoms in total. The predicted octanol–water partition coefficient (Wildman–Crippen LogP) is 0.443. The fourth-order valence-corrected chi connectivity index (χ4v) is 2.53. The summed E-state index contributed by atoms with van der Waals surface area (Å²) in [6.45, 7) is -0.704. The number of primary amides is 1. The van der Waals surface area contributed by atoms with Crippen LogP contribution in [-0.2, 0) is 16.6 Å². The molecule has 0 aliphatic carbocycles. The Morgan fingerprint density at radius 1 is 1.36 bits per heavy atom. The Balaban J connectivity index is 2.16. The van der Waals surface area contributed by atoms with Crippen molar-refractivity contribution in [1.29, 1.82) is 0 Å². The molecule has 0 aliphatic rings. The Morgan fingerprint density at radius 3 is 2.64 bits per heavy atom. The molecule has 0 fully saturated rings. The Labute approximate surface area is 124 Å². The smallest absolute Gasteiger partial charge is 0.267 e.